The smallest absolute Gasteiger partial charge is 0.320 e. The Balaban J connectivity index is 2.83. The lowest BCUT2D eigenvalue weighted by Gasteiger charge is -2.12. The summed E-state index contributed by atoms with van der Waals surface area (Å²) in [6.07, 6.45) is 0. The lowest BCUT2D eigenvalue weighted by molar-refractivity contribution is -0.138. The van der Waals surface area contributed by atoms with E-state index in [4.69, 9.17) is 9.84 Å². The molecule has 1 rings (SSSR count). The van der Waals surface area contributed by atoms with Gasteiger partial charge in [-0.3, -0.25) is 14.9 Å². The molecule has 0 bridgehead atoms. The molecule has 1 aromatic carbocycles. The molecule has 0 spiro atoms. The highest BCUT2D eigenvalue weighted by atomic mass is 16.5. The maximum Gasteiger partial charge on any atom is 0.320 e. The number of carbonyl (C=O) groups is 2. The van der Waals surface area contributed by atoms with Crippen molar-refractivity contribution in [2.24, 2.45) is 0 Å². The van der Waals surface area contributed by atoms with Crippen LogP contribution in [0, 0.1) is 13.8 Å². The van der Waals surface area contributed by atoms with E-state index in [2.05, 4.69) is 5.32 Å². The molecule has 0 aliphatic heterocycles. The zero-order valence-corrected chi connectivity index (χ0v) is 11.6. The van der Waals surface area contributed by atoms with Gasteiger partial charge in [0.05, 0.1) is 13.7 Å². The summed E-state index contributed by atoms with van der Waals surface area (Å²) in [6.45, 7) is 5.19. The van der Waals surface area contributed by atoms with Crippen LogP contribution in [0.3, 0.4) is 0 Å². The van der Waals surface area contributed by atoms with E-state index < -0.39 is 12.0 Å². The van der Waals surface area contributed by atoms with Crippen molar-refractivity contribution < 1.29 is 19.4 Å². The first-order valence-electron chi connectivity index (χ1n) is 6.01. The molecule has 0 aliphatic carbocycles. The number of aryl methyl sites for hydroxylation is 2. The number of hydrogen-bond acceptors (Lipinski definition) is 4. The van der Waals surface area contributed by atoms with Gasteiger partial charge < -0.3 is 9.84 Å². The van der Waals surface area contributed by atoms with E-state index in [1.807, 2.05) is 19.9 Å². The highest BCUT2D eigenvalue weighted by Gasteiger charge is 2.15. The SMILES string of the molecule is COc1cc(C)c(C(=O)CNC(C)C(=O)O)cc1C. The largest absolute Gasteiger partial charge is 0.496 e. The van der Waals surface area contributed by atoms with Gasteiger partial charge in [-0.2, -0.15) is 0 Å². The van der Waals surface area contributed by atoms with Gasteiger partial charge in [0.2, 0.25) is 0 Å². The van der Waals surface area contributed by atoms with Crippen molar-refractivity contribution in [3.05, 3.63) is 28.8 Å². The molecule has 2 N–H and O–H groups in total. The van der Waals surface area contributed by atoms with E-state index in [0.29, 0.717) is 5.56 Å². The zero-order chi connectivity index (χ0) is 14.6. The first-order chi connectivity index (χ1) is 8.86. The van der Waals surface area contributed by atoms with Crippen LogP contribution in [-0.2, 0) is 4.79 Å². The highest BCUT2D eigenvalue weighted by molar-refractivity contribution is 5.99. The molecule has 0 saturated heterocycles. The molecule has 1 atom stereocenters. The maximum absolute atomic E-state index is 12.0. The van der Waals surface area contributed by atoms with Crippen molar-refractivity contribution in [2.75, 3.05) is 13.7 Å². The van der Waals surface area contributed by atoms with Crippen molar-refractivity contribution in [2.45, 2.75) is 26.8 Å². The Morgan fingerprint density at radius 2 is 1.95 bits per heavy atom. The Hall–Kier alpha value is -1.88. The standard InChI is InChI=1S/C14H19NO4/c1-8-6-13(19-4)9(2)5-11(8)12(16)7-15-10(3)14(17)18/h5-6,10,15H,7H2,1-4H3,(H,17,18). The molecule has 1 unspecified atom stereocenters. The Kier molecular flexibility index (Phi) is 5.06. The summed E-state index contributed by atoms with van der Waals surface area (Å²) in [5.74, 6) is -0.368. The van der Waals surface area contributed by atoms with Crippen LogP contribution in [0.5, 0.6) is 5.75 Å². The molecule has 0 fully saturated rings. The molecule has 104 valence electrons. The quantitative estimate of drug-likeness (QED) is 0.763. The number of nitrogens with one attached hydrogen (secondary N) is 1. The first kappa shape index (κ1) is 15.2. The van der Waals surface area contributed by atoms with E-state index in [1.54, 1.807) is 13.2 Å². The van der Waals surface area contributed by atoms with Gasteiger partial charge >= 0.3 is 5.97 Å². The minimum absolute atomic E-state index is 0.0000749. The Morgan fingerprint density at radius 3 is 2.47 bits per heavy atom. The van der Waals surface area contributed by atoms with Crippen LogP contribution in [0.4, 0.5) is 0 Å². The van der Waals surface area contributed by atoms with E-state index in [-0.39, 0.29) is 12.3 Å². The van der Waals surface area contributed by atoms with Crippen molar-refractivity contribution in [3.63, 3.8) is 0 Å². The zero-order valence-electron chi connectivity index (χ0n) is 11.6. The van der Waals surface area contributed by atoms with Crippen LogP contribution < -0.4 is 10.1 Å². The van der Waals surface area contributed by atoms with Crippen molar-refractivity contribution in [1.29, 1.82) is 0 Å². The minimum atomic E-state index is -0.976. The molecule has 5 heteroatoms. The van der Waals surface area contributed by atoms with Crippen LogP contribution in [-0.4, -0.2) is 36.6 Å². The van der Waals surface area contributed by atoms with Gasteiger partial charge in [-0.25, -0.2) is 0 Å². The summed E-state index contributed by atoms with van der Waals surface area (Å²) >= 11 is 0. The average molecular weight is 265 g/mol. The Bertz CT molecular complexity index is 496. The fourth-order valence-corrected chi connectivity index (χ4v) is 1.74. The lowest BCUT2D eigenvalue weighted by atomic mass is 10.0. The summed E-state index contributed by atoms with van der Waals surface area (Å²) in [6, 6.07) is 2.83. The minimum Gasteiger partial charge on any atom is -0.496 e. The number of Topliss-reactive ketones (excluding diaryl/α,β-unsaturated/α-hetero) is 1. The van der Waals surface area contributed by atoms with Crippen LogP contribution in [0.1, 0.15) is 28.4 Å². The Morgan fingerprint density at radius 1 is 1.32 bits per heavy atom. The second-order valence-corrected chi connectivity index (χ2v) is 4.50. The highest BCUT2D eigenvalue weighted by Crippen LogP contribution is 2.22. The molecule has 0 amide bonds. The summed E-state index contributed by atoms with van der Waals surface area (Å²) in [7, 11) is 1.58. The van der Waals surface area contributed by atoms with Gasteiger partial charge in [0, 0.05) is 5.56 Å². The summed E-state index contributed by atoms with van der Waals surface area (Å²) in [5.41, 5.74) is 2.28. The van der Waals surface area contributed by atoms with Crippen molar-refractivity contribution in [1.82, 2.24) is 5.32 Å². The second kappa shape index (κ2) is 6.33. The van der Waals surface area contributed by atoms with Gasteiger partial charge in [-0.05, 0) is 44.0 Å². The average Bonchev–Trinajstić information content (AvgIpc) is 2.37. The maximum atomic E-state index is 12.0. The molecule has 0 aliphatic rings. The van der Waals surface area contributed by atoms with E-state index in [0.717, 1.165) is 16.9 Å². The molecule has 0 heterocycles. The lowest BCUT2D eigenvalue weighted by Crippen LogP contribution is -2.37. The number of carboxylic acids is 1. The number of carboxylic acid groups (broad SMARTS) is 1. The normalized spacial score (nSPS) is 12.0. The summed E-state index contributed by atoms with van der Waals surface area (Å²) < 4.78 is 5.19. The Labute approximate surface area is 112 Å². The molecule has 0 saturated carbocycles. The molecular formula is C14H19NO4. The first-order valence-corrected chi connectivity index (χ1v) is 6.01. The van der Waals surface area contributed by atoms with E-state index in [1.165, 1.54) is 6.92 Å². The number of aliphatic carboxylic acids is 1. The van der Waals surface area contributed by atoms with Crippen molar-refractivity contribution >= 4 is 11.8 Å². The third-order valence-electron chi connectivity index (χ3n) is 2.98. The molecular weight excluding hydrogens is 246 g/mol. The number of carbonyl (C=O) groups excluding carboxylic acids is 1. The number of ether oxygens (including phenoxy) is 1. The van der Waals surface area contributed by atoms with E-state index in [9.17, 15) is 9.59 Å². The fourth-order valence-electron chi connectivity index (χ4n) is 1.74. The molecule has 19 heavy (non-hydrogen) atoms. The van der Waals surface area contributed by atoms with Crippen LogP contribution in [0.2, 0.25) is 0 Å². The number of methoxy groups -OCH3 is 1. The molecule has 1 aromatic rings. The van der Waals surface area contributed by atoms with E-state index >= 15 is 0 Å². The summed E-state index contributed by atoms with van der Waals surface area (Å²) in [5, 5.41) is 11.4. The third-order valence-corrected chi connectivity index (χ3v) is 2.98. The van der Waals surface area contributed by atoms with Crippen LogP contribution in [0.15, 0.2) is 12.1 Å². The number of rotatable bonds is 6. The van der Waals surface area contributed by atoms with Crippen molar-refractivity contribution in [3.8, 4) is 5.75 Å². The van der Waals surface area contributed by atoms with Gasteiger partial charge in [0.1, 0.15) is 11.8 Å². The van der Waals surface area contributed by atoms with Crippen LogP contribution in [0.25, 0.3) is 0 Å². The predicted octanol–water partition coefficient (Wildman–Crippen LogP) is 1.56. The van der Waals surface area contributed by atoms with Gasteiger partial charge in [0.15, 0.2) is 5.78 Å². The topological polar surface area (TPSA) is 75.6 Å². The molecule has 5 nitrogen and oxygen atoms in total. The third kappa shape index (κ3) is 3.79. The van der Waals surface area contributed by atoms with Gasteiger partial charge in [0.25, 0.3) is 0 Å². The number of ketones is 1. The molecule has 0 aromatic heterocycles. The number of hydrogen-bond donors (Lipinski definition) is 2. The number of benzene rings is 1. The second-order valence-electron chi connectivity index (χ2n) is 4.50. The van der Waals surface area contributed by atoms with Gasteiger partial charge in [-0.1, -0.05) is 0 Å². The van der Waals surface area contributed by atoms with Gasteiger partial charge in [-0.15, -0.1) is 0 Å². The fraction of sp³-hybridized carbons (Fsp3) is 0.429. The summed E-state index contributed by atoms with van der Waals surface area (Å²) in [4.78, 5) is 22.7. The monoisotopic (exact) mass is 265 g/mol. The van der Waals surface area contributed by atoms with Crippen LogP contribution >= 0.6 is 0 Å². The molecule has 0 radical (unpaired) electrons. The predicted molar refractivity (Wildman–Crippen MR) is 71.9 cm³/mol.